The normalized spacial score (nSPS) is 10.7. The van der Waals surface area contributed by atoms with Crippen molar-refractivity contribution in [1.82, 2.24) is 4.57 Å². The molecule has 1 N–H and O–H groups in total. The molecule has 0 spiro atoms. The summed E-state index contributed by atoms with van der Waals surface area (Å²) in [6.45, 7) is 2.03. The molecule has 1 amide bonds. The predicted molar refractivity (Wildman–Crippen MR) is 94.4 cm³/mol. The van der Waals surface area contributed by atoms with Gasteiger partial charge in [-0.3, -0.25) is 9.59 Å². The van der Waals surface area contributed by atoms with Crippen molar-refractivity contribution in [2.75, 3.05) is 11.9 Å². The van der Waals surface area contributed by atoms with Crippen LogP contribution in [-0.2, 0) is 11.3 Å². The number of aryl methyl sites for hydroxylation is 1. The largest absolute Gasteiger partial charge is 0.483 e. The second-order valence-corrected chi connectivity index (χ2v) is 5.59. The summed E-state index contributed by atoms with van der Waals surface area (Å²) in [6.07, 6.45) is 1.66. The van der Waals surface area contributed by atoms with E-state index < -0.39 is 17.5 Å². The van der Waals surface area contributed by atoms with E-state index in [0.717, 1.165) is 12.1 Å². The molecule has 0 bridgehead atoms. The molecule has 7 heteroatoms. The van der Waals surface area contributed by atoms with Crippen LogP contribution in [0.5, 0.6) is 5.75 Å². The molecular weight excluding hydrogens is 342 g/mol. The molecule has 26 heavy (non-hydrogen) atoms. The fourth-order valence-corrected chi connectivity index (χ4v) is 2.58. The van der Waals surface area contributed by atoms with Crippen molar-refractivity contribution in [3.63, 3.8) is 0 Å². The molecule has 0 unspecified atom stereocenters. The number of benzene rings is 2. The lowest BCUT2D eigenvalue weighted by molar-refractivity contribution is -0.118. The van der Waals surface area contributed by atoms with Crippen LogP contribution in [0, 0.1) is 11.6 Å². The van der Waals surface area contributed by atoms with E-state index in [0.29, 0.717) is 29.1 Å². The van der Waals surface area contributed by atoms with E-state index >= 15 is 0 Å². The van der Waals surface area contributed by atoms with Gasteiger partial charge in [-0.2, -0.15) is 0 Å². The van der Waals surface area contributed by atoms with Gasteiger partial charge in [0.05, 0.1) is 11.1 Å². The first kappa shape index (κ1) is 17.6. The standard InChI is InChI=1S/C19H16F2N2O3/c1-2-23-9-8-13-14(19(23)25)4-3-5-17(13)26-11-18(24)22-16-7-6-12(20)10-15(16)21/h3-10H,2,11H2,1H3,(H,22,24). The number of amides is 1. The Morgan fingerprint density at radius 1 is 1.15 bits per heavy atom. The number of carbonyl (C=O) groups is 1. The number of halogens is 2. The average molecular weight is 358 g/mol. The fourth-order valence-electron chi connectivity index (χ4n) is 2.58. The highest BCUT2D eigenvalue weighted by molar-refractivity contribution is 5.93. The van der Waals surface area contributed by atoms with Gasteiger partial charge >= 0.3 is 0 Å². The molecule has 0 aliphatic carbocycles. The van der Waals surface area contributed by atoms with Gasteiger partial charge in [0.1, 0.15) is 17.4 Å². The molecule has 1 heterocycles. The Bertz CT molecular complexity index is 1030. The number of anilines is 1. The summed E-state index contributed by atoms with van der Waals surface area (Å²) in [6, 6.07) is 9.59. The highest BCUT2D eigenvalue weighted by atomic mass is 19.1. The first-order chi connectivity index (χ1) is 12.5. The summed E-state index contributed by atoms with van der Waals surface area (Å²) in [5, 5.41) is 3.38. The summed E-state index contributed by atoms with van der Waals surface area (Å²) >= 11 is 0. The number of hydrogen-bond donors (Lipinski definition) is 1. The van der Waals surface area contributed by atoms with Crippen LogP contribution in [0.3, 0.4) is 0 Å². The molecule has 3 aromatic rings. The van der Waals surface area contributed by atoms with E-state index in [1.165, 1.54) is 0 Å². The van der Waals surface area contributed by atoms with Gasteiger partial charge in [-0.1, -0.05) is 6.07 Å². The highest BCUT2D eigenvalue weighted by Gasteiger charge is 2.11. The van der Waals surface area contributed by atoms with E-state index in [4.69, 9.17) is 4.74 Å². The molecule has 0 radical (unpaired) electrons. The number of fused-ring (bicyclic) bond motifs is 1. The van der Waals surface area contributed by atoms with Gasteiger partial charge in [0.15, 0.2) is 6.61 Å². The van der Waals surface area contributed by atoms with Crippen LogP contribution in [0.1, 0.15) is 6.92 Å². The van der Waals surface area contributed by atoms with E-state index in [2.05, 4.69) is 5.32 Å². The summed E-state index contributed by atoms with van der Waals surface area (Å²) in [7, 11) is 0. The van der Waals surface area contributed by atoms with Crippen LogP contribution in [0.2, 0.25) is 0 Å². The first-order valence-electron chi connectivity index (χ1n) is 7.99. The Labute approximate surface area is 147 Å². The van der Waals surface area contributed by atoms with Crippen LogP contribution in [0.4, 0.5) is 14.5 Å². The van der Waals surface area contributed by atoms with Crippen LogP contribution in [0.15, 0.2) is 53.5 Å². The van der Waals surface area contributed by atoms with Crippen molar-refractivity contribution in [2.24, 2.45) is 0 Å². The maximum atomic E-state index is 13.6. The van der Waals surface area contributed by atoms with Crippen molar-refractivity contribution in [3.8, 4) is 5.75 Å². The molecule has 1 aromatic heterocycles. The minimum absolute atomic E-state index is 0.135. The van der Waals surface area contributed by atoms with Gasteiger partial charge in [-0.05, 0) is 37.3 Å². The highest BCUT2D eigenvalue weighted by Crippen LogP contribution is 2.23. The van der Waals surface area contributed by atoms with Crippen LogP contribution >= 0.6 is 0 Å². The van der Waals surface area contributed by atoms with E-state index in [-0.39, 0.29) is 17.9 Å². The molecule has 0 saturated heterocycles. The zero-order chi connectivity index (χ0) is 18.7. The third kappa shape index (κ3) is 3.56. The number of nitrogens with zero attached hydrogens (tertiary/aromatic N) is 1. The molecule has 134 valence electrons. The smallest absolute Gasteiger partial charge is 0.262 e. The minimum atomic E-state index is -0.872. The van der Waals surface area contributed by atoms with E-state index in [9.17, 15) is 18.4 Å². The van der Waals surface area contributed by atoms with Crippen LogP contribution in [0.25, 0.3) is 10.8 Å². The molecule has 0 aliphatic rings. The van der Waals surface area contributed by atoms with Gasteiger partial charge in [0, 0.05) is 24.2 Å². The van der Waals surface area contributed by atoms with Gasteiger partial charge < -0.3 is 14.6 Å². The van der Waals surface area contributed by atoms with E-state index in [1.54, 1.807) is 35.0 Å². The Kier molecular flexibility index (Phi) is 4.97. The summed E-state index contributed by atoms with van der Waals surface area (Å²) < 4.78 is 33.5. The van der Waals surface area contributed by atoms with Gasteiger partial charge in [-0.15, -0.1) is 0 Å². The SMILES string of the molecule is CCn1ccc2c(OCC(=O)Nc3ccc(F)cc3F)cccc2c1=O. The lowest BCUT2D eigenvalue weighted by Gasteiger charge is -2.11. The number of ether oxygens (including phenoxy) is 1. The summed E-state index contributed by atoms with van der Waals surface area (Å²) in [5.74, 6) is -1.83. The Hall–Kier alpha value is -3.22. The lowest BCUT2D eigenvalue weighted by atomic mass is 10.1. The molecule has 0 saturated carbocycles. The minimum Gasteiger partial charge on any atom is -0.483 e. The number of pyridine rings is 1. The van der Waals surface area contributed by atoms with Crippen LogP contribution < -0.4 is 15.6 Å². The zero-order valence-corrected chi connectivity index (χ0v) is 14.0. The molecular formula is C19H16F2N2O3. The first-order valence-corrected chi connectivity index (χ1v) is 7.99. The summed E-state index contributed by atoms with van der Waals surface area (Å²) in [5.41, 5.74) is -0.281. The molecule has 3 rings (SSSR count). The van der Waals surface area contributed by atoms with E-state index in [1.807, 2.05) is 6.92 Å². The zero-order valence-electron chi connectivity index (χ0n) is 14.0. The average Bonchev–Trinajstić information content (AvgIpc) is 2.63. The quantitative estimate of drug-likeness (QED) is 0.761. The van der Waals surface area contributed by atoms with Crippen molar-refractivity contribution >= 4 is 22.4 Å². The molecule has 0 aliphatic heterocycles. The van der Waals surface area contributed by atoms with Crippen molar-refractivity contribution in [2.45, 2.75) is 13.5 Å². The molecule has 2 aromatic carbocycles. The number of aromatic nitrogens is 1. The fraction of sp³-hybridized carbons (Fsp3) is 0.158. The van der Waals surface area contributed by atoms with Gasteiger partial charge in [0.25, 0.3) is 11.5 Å². The van der Waals surface area contributed by atoms with Crippen molar-refractivity contribution in [3.05, 3.63) is 70.6 Å². The van der Waals surface area contributed by atoms with Crippen LogP contribution in [-0.4, -0.2) is 17.1 Å². The lowest BCUT2D eigenvalue weighted by Crippen LogP contribution is -2.21. The molecule has 5 nitrogen and oxygen atoms in total. The Balaban J connectivity index is 1.76. The number of nitrogens with one attached hydrogen (secondary N) is 1. The third-order valence-corrected chi connectivity index (χ3v) is 3.88. The van der Waals surface area contributed by atoms with Gasteiger partial charge in [0.2, 0.25) is 0 Å². The maximum Gasteiger partial charge on any atom is 0.262 e. The Morgan fingerprint density at radius 2 is 1.96 bits per heavy atom. The number of carbonyl (C=O) groups excluding carboxylic acids is 1. The second-order valence-electron chi connectivity index (χ2n) is 5.59. The maximum absolute atomic E-state index is 13.6. The third-order valence-electron chi connectivity index (χ3n) is 3.88. The van der Waals surface area contributed by atoms with Crippen molar-refractivity contribution in [1.29, 1.82) is 0 Å². The summed E-state index contributed by atoms with van der Waals surface area (Å²) in [4.78, 5) is 24.3. The topological polar surface area (TPSA) is 60.3 Å². The predicted octanol–water partition coefficient (Wildman–Crippen LogP) is 3.32. The second kappa shape index (κ2) is 7.35. The number of hydrogen-bond acceptors (Lipinski definition) is 3. The number of rotatable bonds is 5. The monoisotopic (exact) mass is 358 g/mol. The molecule has 0 atom stereocenters. The Morgan fingerprint density at radius 3 is 2.69 bits per heavy atom. The molecule has 0 fully saturated rings. The van der Waals surface area contributed by atoms with Crippen molar-refractivity contribution < 1.29 is 18.3 Å². The van der Waals surface area contributed by atoms with Gasteiger partial charge in [-0.25, -0.2) is 8.78 Å².